The number of carbonyl (C=O) groups is 1. The lowest BCUT2D eigenvalue weighted by Crippen LogP contribution is -2.32. The van der Waals surface area contributed by atoms with Crippen molar-refractivity contribution < 1.29 is 13.6 Å². The van der Waals surface area contributed by atoms with E-state index >= 15 is 0 Å². The Balaban J connectivity index is 1.88. The van der Waals surface area contributed by atoms with Crippen LogP contribution in [0.15, 0.2) is 18.2 Å². The Kier molecular flexibility index (Phi) is 3.28. The molecule has 1 aliphatic carbocycles. The van der Waals surface area contributed by atoms with E-state index in [0.717, 1.165) is 18.2 Å². The summed E-state index contributed by atoms with van der Waals surface area (Å²) in [5, 5.41) is 11.4. The average Bonchev–Trinajstić information content (AvgIpc) is 3.14. The van der Waals surface area contributed by atoms with Crippen molar-refractivity contribution in [3.63, 3.8) is 0 Å². The van der Waals surface area contributed by atoms with Gasteiger partial charge in [0.05, 0.1) is 6.07 Å². The quantitative estimate of drug-likeness (QED) is 0.887. The van der Waals surface area contributed by atoms with Gasteiger partial charge in [-0.25, -0.2) is 8.78 Å². The van der Waals surface area contributed by atoms with Gasteiger partial charge in [0, 0.05) is 6.54 Å². The van der Waals surface area contributed by atoms with Gasteiger partial charge < -0.3 is 5.32 Å². The van der Waals surface area contributed by atoms with Gasteiger partial charge in [0.2, 0.25) is 5.91 Å². The lowest BCUT2D eigenvalue weighted by Gasteiger charge is -2.08. The summed E-state index contributed by atoms with van der Waals surface area (Å²) < 4.78 is 26.2. The first-order valence-corrected chi connectivity index (χ1v) is 5.71. The highest BCUT2D eigenvalue weighted by Crippen LogP contribution is 2.44. The molecule has 18 heavy (non-hydrogen) atoms. The number of amides is 1. The third kappa shape index (κ3) is 2.48. The molecular weight excluding hydrogens is 238 g/mol. The predicted molar refractivity (Wildman–Crippen MR) is 60.4 cm³/mol. The fourth-order valence-electron chi connectivity index (χ4n) is 1.73. The number of hydrogen-bond donors (Lipinski definition) is 1. The molecule has 0 saturated heterocycles. The maximum absolute atomic E-state index is 13.3. The van der Waals surface area contributed by atoms with Crippen molar-refractivity contribution in [3.8, 4) is 6.07 Å². The zero-order valence-corrected chi connectivity index (χ0v) is 9.67. The second-order valence-electron chi connectivity index (χ2n) is 4.44. The van der Waals surface area contributed by atoms with E-state index in [2.05, 4.69) is 5.32 Å². The number of halogens is 2. The highest BCUT2D eigenvalue weighted by molar-refractivity contribution is 5.88. The van der Waals surface area contributed by atoms with Gasteiger partial charge in [-0.15, -0.1) is 0 Å². The number of benzene rings is 1. The molecule has 1 N–H and O–H groups in total. The number of nitriles is 1. The molecule has 0 radical (unpaired) electrons. The van der Waals surface area contributed by atoms with Crippen LogP contribution in [0.1, 0.15) is 18.4 Å². The molecule has 0 bridgehead atoms. The lowest BCUT2D eigenvalue weighted by molar-refractivity contribution is -0.124. The van der Waals surface area contributed by atoms with Gasteiger partial charge in [-0.1, -0.05) is 0 Å². The first-order valence-electron chi connectivity index (χ1n) is 5.71. The Hall–Kier alpha value is -1.96. The zero-order valence-electron chi connectivity index (χ0n) is 9.67. The molecule has 3 nitrogen and oxygen atoms in total. The van der Waals surface area contributed by atoms with E-state index in [9.17, 15) is 13.6 Å². The highest BCUT2D eigenvalue weighted by atomic mass is 19.1. The molecule has 0 aromatic heterocycles. The van der Waals surface area contributed by atoms with Crippen LogP contribution in [0, 0.1) is 28.4 Å². The van der Waals surface area contributed by atoms with Crippen molar-refractivity contribution in [2.24, 2.45) is 5.41 Å². The number of nitrogens with zero attached hydrogens (tertiary/aromatic N) is 1. The molecule has 0 heterocycles. The van der Waals surface area contributed by atoms with E-state index in [0.29, 0.717) is 12.8 Å². The minimum Gasteiger partial charge on any atom is -0.354 e. The Labute approximate surface area is 103 Å². The van der Waals surface area contributed by atoms with Gasteiger partial charge in [0.15, 0.2) is 0 Å². The van der Waals surface area contributed by atoms with Gasteiger partial charge >= 0.3 is 0 Å². The smallest absolute Gasteiger partial charge is 0.240 e. The Bertz CT molecular complexity index is 518. The second-order valence-corrected chi connectivity index (χ2v) is 4.44. The van der Waals surface area contributed by atoms with Crippen molar-refractivity contribution in [1.29, 1.82) is 5.26 Å². The number of nitrogens with one attached hydrogen (secondary N) is 1. The molecule has 1 fully saturated rings. The van der Waals surface area contributed by atoms with Crippen molar-refractivity contribution in [1.82, 2.24) is 5.32 Å². The molecule has 1 aromatic carbocycles. The van der Waals surface area contributed by atoms with Crippen LogP contribution in [0.5, 0.6) is 0 Å². The summed E-state index contributed by atoms with van der Waals surface area (Å²) in [6, 6.07) is 5.19. The van der Waals surface area contributed by atoms with Gasteiger partial charge in [-0.2, -0.15) is 5.26 Å². The van der Waals surface area contributed by atoms with Gasteiger partial charge in [-0.3, -0.25) is 4.79 Å². The summed E-state index contributed by atoms with van der Waals surface area (Å²) in [7, 11) is 0. The first kappa shape index (κ1) is 12.5. The van der Waals surface area contributed by atoms with Gasteiger partial charge in [-0.05, 0) is 43.0 Å². The second kappa shape index (κ2) is 4.73. The van der Waals surface area contributed by atoms with Crippen molar-refractivity contribution in [2.75, 3.05) is 6.54 Å². The molecule has 0 unspecified atom stereocenters. The topological polar surface area (TPSA) is 52.9 Å². The summed E-state index contributed by atoms with van der Waals surface area (Å²) in [6.07, 6.45) is 1.35. The van der Waals surface area contributed by atoms with Crippen molar-refractivity contribution in [2.45, 2.75) is 19.3 Å². The molecule has 94 valence electrons. The summed E-state index contributed by atoms with van der Waals surface area (Å²) in [4.78, 5) is 11.6. The minimum atomic E-state index is -0.875. The number of rotatable bonds is 4. The molecule has 1 saturated carbocycles. The summed E-state index contributed by atoms with van der Waals surface area (Å²) in [5.41, 5.74) is -0.655. The molecule has 5 heteroatoms. The summed E-state index contributed by atoms with van der Waals surface area (Å²) >= 11 is 0. The fraction of sp³-hybridized carbons (Fsp3) is 0.385. The van der Waals surface area contributed by atoms with E-state index in [-0.39, 0.29) is 24.4 Å². The molecular formula is C13H12F2N2O. The van der Waals surface area contributed by atoms with Crippen LogP contribution in [-0.2, 0) is 11.2 Å². The van der Waals surface area contributed by atoms with Crippen molar-refractivity contribution >= 4 is 5.91 Å². The standard InChI is InChI=1S/C13H12F2N2O/c14-10-1-2-11(15)9(7-10)3-6-17-12(18)13(8-16)4-5-13/h1-2,7H,3-6H2,(H,17,18). The molecule has 1 aliphatic rings. The average molecular weight is 250 g/mol. The van der Waals surface area contributed by atoms with Crippen LogP contribution < -0.4 is 5.32 Å². The van der Waals surface area contributed by atoms with E-state index in [4.69, 9.17) is 5.26 Å². The normalized spacial score (nSPS) is 15.8. The van der Waals surface area contributed by atoms with Crippen LogP contribution in [0.2, 0.25) is 0 Å². The van der Waals surface area contributed by atoms with E-state index < -0.39 is 17.0 Å². The fourth-order valence-corrected chi connectivity index (χ4v) is 1.73. The number of carbonyl (C=O) groups excluding carboxylic acids is 1. The van der Waals surface area contributed by atoms with Gasteiger partial charge in [0.1, 0.15) is 17.0 Å². The van der Waals surface area contributed by atoms with Gasteiger partial charge in [0.25, 0.3) is 0 Å². The Morgan fingerprint density at radius 3 is 2.78 bits per heavy atom. The van der Waals surface area contributed by atoms with Crippen LogP contribution in [0.4, 0.5) is 8.78 Å². The first-order chi connectivity index (χ1) is 8.57. The zero-order chi connectivity index (χ0) is 13.2. The van der Waals surface area contributed by atoms with E-state index in [1.807, 2.05) is 6.07 Å². The summed E-state index contributed by atoms with van der Waals surface area (Å²) in [5.74, 6) is -1.32. The maximum atomic E-state index is 13.3. The third-order valence-corrected chi connectivity index (χ3v) is 3.09. The third-order valence-electron chi connectivity index (χ3n) is 3.09. The molecule has 0 aliphatic heterocycles. The predicted octanol–water partition coefficient (Wildman–Crippen LogP) is 1.93. The van der Waals surface area contributed by atoms with Crippen molar-refractivity contribution in [3.05, 3.63) is 35.4 Å². The molecule has 1 amide bonds. The van der Waals surface area contributed by atoms with Crippen LogP contribution in [0.3, 0.4) is 0 Å². The lowest BCUT2D eigenvalue weighted by atomic mass is 10.1. The molecule has 0 spiro atoms. The summed E-state index contributed by atoms with van der Waals surface area (Å²) in [6.45, 7) is 0.197. The SMILES string of the molecule is N#CC1(C(=O)NCCc2cc(F)ccc2F)CC1. The molecule has 0 atom stereocenters. The Morgan fingerprint density at radius 2 is 2.17 bits per heavy atom. The molecule has 1 aromatic rings. The highest BCUT2D eigenvalue weighted by Gasteiger charge is 2.50. The van der Waals surface area contributed by atoms with Crippen LogP contribution in [-0.4, -0.2) is 12.5 Å². The van der Waals surface area contributed by atoms with Crippen LogP contribution in [0.25, 0.3) is 0 Å². The van der Waals surface area contributed by atoms with Crippen LogP contribution >= 0.6 is 0 Å². The monoisotopic (exact) mass is 250 g/mol. The minimum absolute atomic E-state index is 0.197. The maximum Gasteiger partial charge on any atom is 0.240 e. The molecule has 2 rings (SSSR count). The number of hydrogen-bond acceptors (Lipinski definition) is 2. The largest absolute Gasteiger partial charge is 0.354 e. The van der Waals surface area contributed by atoms with E-state index in [1.54, 1.807) is 0 Å². The Morgan fingerprint density at radius 1 is 1.44 bits per heavy atom. The van der Waals surface area contributed by atoms with E-state index in [1.165, 1.54) is 0 Å².